The number of nitriles is 1. The fourth-order valence-corrected chi connectivity index (χ4v) is 1.98. The van der Waals surface area contributed by atoms with Gasteiger partial charge in [-0.15, -0.1) is 0 Å². The second-order valence-electron chi connectivity index (χ2n) is 4.62. The van der Waals surface area contributed by atoms with Crippen LogP contribution in [0.3, 0.4) is 0 Å². The lowest BCUT2D eigenvalue weighted by atomic mass is 10.0. The molecule has 1 aromatic heterocycles. The van der Waals surface area contributed by atoms with Gasteiger partial charge in [0.25, 0.3) is 5.91 Å². The van der Waals surface area contributed by atoms with Gasteiger partial charge in [0.2, 0.25) is 5.91 Å². The van der Waals surface area contributed by atoms with Gasteiger partial charge in [-0.05, 0) is 23.8 Å². The van der Waals surface area contributed by atoms with E-state index in [1.165, 1.54) is 12.3 Å². The molecule has 6 nitrogen and oxygen atoms in total. The van der Waals surface area contributed by atoms with Crippen LogP contribution in [0.1, 0.15) is 21.6 Å². The summed E-state index contributed by atoms with van der Waals surface area (Å²) in [7, 11) is 0. The third-order valence-corrected chi connectivity index (χ3v) is 3.11. The molecule has 0 spiro atoms. The molecule has 0 saturated carbocycles. The molecule has 1 atom stereocenters. The number of benzene rings is 1. The smallest absolute Gasteiger partial charge is 0.270 e. The van der Waals surface area contributed by atoms with Crippen molar-refractivity contribution in [2.24, 2.45) is 5.73 Å². The van der Waals surface area contributed by atoms with E-state index < -0.39 is 17.9 Å². The summed E-state index contributed by atoms with van der Waals surface area (Å²) in [5, 5.41) is 11.6. The van der Waals surface area contributed by atoms with Gasteiger partial charge in [0.1, 0.15) is 11.7 Å². The van der Waals surface area contributed by atoms with Crippen molar-refractivity contribution in [2.75, 3.05) is 0 Å². The number of nitrogens with zero attached hydrogens (tertiary/aromatic N) is 2. The summed E-state index contributed by atoms with van der Waals surface area (Å²) in [6.07, 6.45) is 1.64. The van der Waals surface area contributed by atoms with Crippen molar-refractivity contribution >= 4 is 11.8 Å². The number of carbonyl (C=O) groups is 2. The van der Waals surface area contributed by atoms with Gasteiger partial charge in [-0.1, -0.05) is 24.3 Å². The monoisotopic (exact) mass is 294 g/mol. The van der Waals surface area contributed by atoms with E-state index in [1.807, 2.05) is 6.07 Å². The van der Waals surface area contributed by atoms with Gasteiger partial charge in [-0.25, -0.2) is 0 Å². The van der Waals surface area contributed by atoms with Crippen LogP contribution in [0, 0.1) is 11.3 Å². The van der Waals surface area contributed by atoms with Crippen molar-refractivity contribution in [3.05, 3.63) is 65.5 Å². The van der Waals surface area contributed by atoms with Crippen LogP contribution >= 0.6 is 0 Å². The molecule has 6 heteroatoms. The summed E-state index contributed by atoms with van der Waals surface area (Å²) in [4.78, 5) is 27.5. The average Bonchev–Trinajstić information content (AvgIpc) is 2.55. The van der Waals surface area contributed by atoms with Gasteiger partial charge >= 0.3 is 0 Å². The highest BCUT2D eigenvalue weighted by atomic mass is 16.2. The molecule has 0 saturated heterocycles. The summed E-state index contributed by atoms with van der Waals surface area (Å²) in [6.45, 7) is 0. The molecule has 1 aromatic carbocycles. The Morgan fingerprint density at radius 1 is 1.23 bits per heavy atom. The molecule has 0 aliphatic rings. The van der Waals surface area contributed by atoms with Crippen LogP contribution in [0.25, 0.3) is 0 Å². The molecular weight excluding hydrogens is 280 g/mol. The van der Waals surface area contributed by atoms with Crippen molar-refractivity contribution < 1.29 is 9.59 Å². The number of nitrogens with one attached hydrogen (secondary N) is 1. The Morgan fingerprint density at radius 2 is 1.95 bits per heavy atom. The first-order valence-electron chi connectivity index (χ1n) is 6.61. The highest BCUT2D eigenvalue weighted by Gasteiger charge is 2.21. The fourth-order valence-electron chi connectivity index (χ4n) is 1.98. The van der Waals surface area contributed by atoms with Crippen LogP contribution < -0.4 is 11.1 Å². The van der Waals surface area contributed by atoms with Crippen LogP contribution in [0.4, 0.5) is 0 Å². The molecule has 0 aliphatic heterocycles. The molecule has 0 unspecified atom stereocenters. The van der Waals surface area contributed by atoms with Gasteiger partial charge in [0.05, 0.1) is 11.6 Å². The molecule has 22 heavy (non-hydrogen) atoms. The number of rotatable bonds is 5. The number of nitrogens with two attached hydrogens (primary N) is 1. The topological polar surface area (TPSA) is 109 Å². The molecule has 2 aromatic rings. The number of pyridine rings is 1. The molecule has 2 rings (SSSR count). The van der Waals surface area contributed by atoms with Gasteiger partial charge in [-0.3, -0.25) is 14.6 Å². The zero-order valence-electron chi connectivity index (χ0n) is 11.7. The number of aromatic nitrogens is 1. The minimum Gasteiger partial charge on any atom is -0.368 e. The largest absolute Gasteiger partial charge is 0.368 e. The lowest BCUT2D eigenvalue weighted by Crippen LogP contribution is -2.46. The molecule has 0 bridgehead atoms. The summed E-state index contributed by atoms with van der Waals surface area (Å²) >= 11 is 0. The van der Waals surface area contributed by atoms with Crippen molar-refractivity contribution in [3.8, 4) is 6.07 Å². The Balaban J connectivity index is 2.16. The molecule has 0 aliphatic carbocycles. The quantitative estimate of drug-likeness (QED) is 0.849. The molecule has 1 heterocycles. The number of hydrogen-bond donors (Lipinski definition) is 2. The Morgan fingerprint density at radius 3 is 2.59 bits per heavy atom. The number of carbonyl (C=O) groups excluding carboxylic acids is 2. The van der Waals surface area contributed by atoms with E-state index in [4.69, 9.17) is 11.0 Å². The molecule has 2 amide bonds. The summed E-state index contributed by atoms with van der Waals surface area (Å²) < 4.78 is 0. The van der Waals surface area contributed by atoms with Crippen LogP contribution in [0.15, 0.2) is 48.7 Å². The van der Waals surface area contributed by atoms with Crippen molar-refractivity contribution in [1.29, 1.82) is 5.26 Å². The Hall–Kier alpha value is -3.20. The zero-order chi connectivity index (χ0) is 15.9. The third kappa shape index (κ3) is 3.67. The molecule has 110 valence electrons. The maximum absolute atomic E-state index is 12.1. The van der Waals surface area contributed by atoms with E-state index in [0.29, 0.717) is 11.1 Å². The lowest BCUT2D eigenvalue weighted by molar-refractivity contribution is -0.119. The third-order valence-electron chi connectivity index (χ3n) is 3.11. The first kappa shape index (κ1) is 15.2. The number of amides is 2. The highest BCUT2D eigenvalue weighted by Crippen LogP contribution is 2.10. The number of hydrogen-bond acceptors (Lipinski definition) is 4. The Labute approximate surface area is 127 Å². The molecular formula is C16H14N4O2. The van der Waals surface area contributed by atoms with Crippen LogP contribution in [-0.4, -0.2) is 22.8 Å². The first-order chi connectivity index (χ1) is 10.6. The van der Waals surface area contributed by atoms with E-state index in [-0.39, 0.29) is 12.1 Å². The molecule has 0 radical (unpaired) electrons. The second kappa shape index (κ2) is 6.99. The normalized spacial score (nSPS) is 11.2. The minimum absolute atomic E-state index is 0.150. The van der Waals surface area contributed by atoms with Gasteiger partial charge in [0.15, 0.2) is 0 Å². The number of primary amides is 1. The van der Waals surface area contributed by atoms with Crippen molar-refractivity contribution in [1.82, 2.24) is 10.3 Å². The minimum atomic E-state index is -0.913. The van der Waals surface area contributed by atoms with Gasteiger partial charge in [0, 0.05) is 12.6 Å². The van der Waals surface area contributed by atoms with E-state index in [2.05, 4.69) is 10.3 Å². The second-order valence-corrected chi connectivity index (χ2v) is 4.62. The van der Waals surface area contributed by atoms with E-state index >= 15 is 0 Å². The van der Waals surface area contributed by atoms with Crippen molar-refractivity contribution in [3.63, 3.8) is 0 Å². The lowest BCUT2D eigenvalue weighted by Gasteiger charge is -2.16. The Bertz CT molecular complexity index is 722. The maximum Gasteiger partial charge on any atom is 0.270 e. The standard InChI is InChI=1S/C16H14N4O2/c17-10-12-6-2-1-5-11(12)9-14(15(18)21)20-16(22)13-7-3-4-8-19-13/h1-8,14H,9H2,(H2,18,21)(H,20,22)/t14-/m0/s1. The SMILES string of the molecule is N#Cc1ccccc1C[C@H](NC(=O)c1ccccn1)C(N)=O. The summed E-state index contributed by atoms with van der Waals surface area (Å²) in [5.41, 5.74) is 6.64. The molecule has 0 fully saturated rings. The van der Waals surface area contributed by atoms with E-state index in [1.54, 1.807) is 36.4 Å². The first-order valence-corrected chi connectivity index (χ1v) is 6.61. The van der Waals surface area contributed by atoms with Gasteiger partial charge < -0.3 is 11.1 Å². The molecule has 3 N–H and O–H groups in total. The highest BCUT2D eigenvalue weighted by molar-refractivity contribution is 5.95. The zero-order valence-corrected chi connectivity index (χ0v) is 11.7. The average molecular weight is 294 g/mol. The van der Waals surface area contributed by atoms with Crippen LogP contribution in [-0.2, 0) is 11.2 Å². The Kier molecular flexibility index (Phi) is 4.83. The summed E-state index contributed by atoms with van der Waals surface area (Å²) in [6, 6.07) is 12.9. The fraction of sp³-hybridized carbons (Fsp3) is 0.125. The summed E-state index contributed by atoms with van der Waals surface area (Å²) in [5.74, 6) is -1.16. The van der Waals surface area contributed by atoms with E-state index in [9.17, 15) is 9.59 Å². The van der Waals surface area contributed by atoms with Gasteiger partial charge in [-0.2, -0.15) is 5.26 Å². The van der Waals surface area contributed by atoms with Crippen molar-refractivity contribution in [2.45, 2.75) is 12.5 Å². The predicted octanol–water partition coefficient (Wildman–Crippen LogP) is 0.780. The van der Waals surface area contributed by atoms with Crippen LogP contribution in [0.5, 0.6) is 0 Å². The van der Waals surface area contributed by atoms with Crippen LogP contribution in [0.2, 0.25) is 0 Å². The van der Waals surface area contributed by atoms with E-state index in [0.717, 1.165) is 0 Å². The predicted molar refractivity (Wildman–Crippen MR) is 79.5 cm³/mol. The maximum atomic E-state index is 12.1.